The van der Waals surface area contributed by atoms with E-state index >= 15 is 0 Å². The van der Waals surface area contributed by atoms with Crippen molar-refractivity contribution < 1.29 is 9.66 Å². The average molecular weight is 301 g/mol. The number of nitrogens with zero attached hydrogens (tertiary/aromatic N) is 3. The third kappa shape index (κ3) is 3.01. The second kappa shape index (κ2) is 5.25. The molecule has 2 rings (SSSR count). The molecule has 0 atom stereocenters. The number of hydrogen-bond donors (Lipinski definition) is 1. The van der Waals surface area contributed by atoms with E-state index in [0.29, 0.717) is 10.0 Å². The lowest BCUT2D eigenvalue weighted by molar-refractivity contribution is -0.385. The van der Waals surface area contributed by atoms with Crippen LogP contribution in [0.2, 0.25) is 10.0 Å². The Hall–Kier alpha value is -2.12. The molecule has 9 heteroatoms. The summed E-state index contributed by atoms with van der Waals surface area (Å²) < 4.78 is 5.27. The third-order valence-electron chi connectivity index (χ3n) is 2.05. The Morgan fingerprint density at radius 1 is 1.21 bits per heavy atom. The van der Waals surface area contributed by atoms with Gasteiger partial charge < -0.3 is 10.5 Å². The van der Waals surface area contributed by atoms with Crippen LogP contribution in [-0.4, -0.2) is 14.9 Å². The lowest BCUT2D eigenvalue weighted by atomic mass is 10.3. The van der Waals surface area contributed by atoms with Crippen molar-refractivity contribution in [2.75, 3.05) is 5.73 Å². The molecule has 0 saturated heterocycles. The summed E-state index contributed by atoms with van der Waals surface area (Å²) >= 11 is 11.6. The molecule has 0 aliphatic heterocycles. The van der Waals surface area contributed by atoms with Gasteiger partial charge in [-0.25, -0.2) is 4.98 Å². The molecule has 0 spiro atoms. The SMILES string of the molecule is Nc1ncnc(Oc2cc(Cl)cc(Cl)c2)c1[N+](=O)[O-]. The second-order valence-corrected chi connectivity index (χ2v) is 4.25. The Morgan fingerprint density at radius 3 is 2.42 bits per heavy atom. The molecule has 0 unspecified atom stereocenters. The number of rotatable bonds is 3. The highest BCUT2D eigenvalue weighted by Crippen LogP contribution is 2.34. The summed E-state index contributed by atoms with van der Waals surface area (Å²) in [4.78, 5) is 17.4. The number of hydrogen-bond acceptors (Lipinski definition) is 6. The quantitative estimate of drug-likeness (QED) is 0.690. The first-order valence-electron chi connectivity index (χ1n) is 4.86. The molecule has 1 aromatic heterocycles. The molecule has 0 bridgehead atoms. The fourth-order valence-electron chi connectivity index (χ4n) is 1.32. The number of nitro groups is 1. The summed E-state index contributed by atoms with van der Waals surface area (Å²) in [5, 5.41) is 11.5. The van der Waals surface area contributed by atoms with Crippen molar-refractivity contribution in [1.29, 1.82) is 0 Å². The Kier molecular flexibility index (Phi) is 3.68. The van der Waals surface area contributed by atoms with E-state index in [-0.39, 0.29) is 17.4 Å². The Bertz CT molecular complexity index is 630. The van der Waals surface area contributed by atoms with Crippen LogP contribution in [0.15, 0.2) is 24.5 Å². The van der Waals surface area contributed by atoms with Gasteiger partial charge in [-0.3, -0.25) is 10.1 Å². The van der Waals surface area contributed by atoms with E-state index in [1.54, 1.807) is 0 Å². The molecule has 2 N–H and O–H groups in total. The largest absolute Gasteiger partial charge is 0.433 e. The molecular formula is C10H6Cl2N4O3. The zero-order valence-corrected chi connectivity index (χ0v) is 10.7. The van der Waals surface area contributed by atoms with Crippen LogP contribution in [0.3, 0.4) is 0 Å². The van der Waals surface area contributed by atoms with Crippen LogP contribution in [0.25, 0.3) is 0 Å². The number of benzene rings is 1. The average Bonchev–Trinajstić information content (AvgIpc) is 2.26. The highest BCUT2D eigenvalue weighted by atomic mass is 35.5. The van der Waals surface area contributed by atoms with Crippen molar-refractivity contribution in [2.45, 2.75) is 0 Å². The monoisotopic (exact) mass is 300 g/mol. The van der Waals surface area contributed by atoms with Gasteiger partial charge in [-0.2, -0.15) is 4.98 Å². The first-order valence-corrected chi connectivity index (χ1v) is 5.62. The normalized spacial score (nSPS) is 10.2. The summed E-state index contributed by atoms with van der Waals surface area (Å²) in [6, 6.07) is 4.38. The molecule has 1 heterocycles. The van der Waals surface area contributed by atoms with Crippen LogP contribution >= 0.6 is 23.2 Å². The number of nitrogens with two attached hydrogens (primary N) is 1. The standard InChI is InChI=1S/C10H6Cl2N4O3/c11-5-1-6(12)3-7(2-5)19-10-8(16(17)18)9(13)14-4-15-10/h1-4H,(H2,13,14,15). The maximum atomic E-state index is 10.9. The molecule has 2 aromatic rings. The minimum absolute atomic E-state index is 0.207. The summed E-state index contributed by atoms with van der Waals surface area (Å²) in [6.45, 7) is 0. The van der Waals surface area contributed by atoms with Gasteiger partial charge >= 0.3 is 11.6 Å². The van der Waals surface area contributed by atoms with Crippen LogP contribution in [0.1, 0.15) is 0 Å². The third-order valence-corrected chi connectivity index (χ3v) is 2.49. The molecular weight excluding hydrogens is 295 g/mol. The van der Waals surface area contributed by atoms with Gasteiger partial charge in [0.2, 0.25) is 5.82 Å². The molecule has 7 nitrogen and oxygen atoms in total. The van der Waals surface area contributed by atoms with Gasteiger partial charge in [0.05, 0.1) is 4.92 Å². The minimum Gasteiger partial charge on any atom is -0.433 e. The lowest BCUT2D eigenvalue weighted by Gasteiger charge is -2.06. The van der Waals surface area contributed by atoms with E-state index in [4.69, 9.17) is 33.7 Å². The summed E-state index contributed by atoms with van der Waals surface area (Å²) in [5.41, 5.74) is 4.90. The summed E-state index contributed by atoms with van der Waals surface area (Å²) in [5.74, 6) is -0.363. The van der Waals surface area contributed by atoms with Crippen molar-refractivity contribution >= 4 is 34.7 Å². The van der Waals surface area contributed by atoms with Crippen molar-refractivity contribution in [3.63, 3.8) is 0 Å². The zero-order valence-electron chi connectivity index (χ0n) is 9.21. The van der Waals surface area contributed by atoms with Crippen LogP contribution in [0.4, 0.5) is 11.5 Å². The van der Waals surface area contributed by atoms with E-state index in [1.165, 1.54) is 18.2 Å². The number of aromatic nitrogens is 2. The Balaban J connectivity index is 2.43. The predicted molar refractivity (Wildman–Crippen MR) is 69.6 cm³/mol. The summed E-state index contributed by atoms with van der Waals surface area (Å²) in [7, 11) is 0. The van der Waals surface area contributed by atoms with Crippen LogP contribution in [-0.2, 0) is 0 Å². The fraction of sp³-hybridized carbons (Fsp3) is 0. The van der Waals surface area contributed by atoms with Gasteiger partial charge in [0.15, 0.2) is 0 Å². The fourth-order valence-corrected chi connectivity index (χ4v) is 1.83. The second-order valence-electron chi connectivity index (χ2n) is 3.38. The topological polar surface area (TPSA) is 104 Å². The first-order chi connectivity index (χ1) is 8.97. The van der Waals surface area contributed by atoms with E-state index in [1.807, 2.05) is 0 Å². The Morgan fingerprint density at radius 2 is 1.84 bits per heavy atom. The van der Waals surface area contributed by atoms with Crippen LogP contribution in [0, 0.1) is 10.1 Å². The van der Waals surface area contributed by atoms with Crippen molar-refractivity contribution in [3.05, 3.63) is 44.7 Å². The molecule has 98 valence electrons. The van der Waals surface area contributed by atoms with E-state index in [2.05, 4.69) is 9.97 Å². The van der Waals surface area contributed by atoms with Crippen molar-refractivity contribution in [1.82, 2.24) is 9.97 Å². The molecule has 0 aliphatic rings. The first kappa shape index (κ1) is 13.3. The predicted octanol–water partition coefficient (Wildman–Crippen LogP) is 3.07. The van der Waals surface area contributed by atoms with E-state index in [0.717, 1.165) is 6.33 Å². The van der Waals surface area contributed by atoms with E-state index in [9.17, 15) is 10.1 Å². The summed E-state index contributed by atoms with van der Waals surface area (Å²) in [6.07, 6.45) is 1.06. The van der Waals surface area contributed by atoms with Gasteiger partial charge in [-0.15, -0.1) is 0 Å². The van der Waals surface area contributed by atoms with Crippen LogP contribution < -0.4 is 10.5 Å². The smallest absolute Gasteiger partial charge is 0.372 e. The maximum absolute atomic E-state index is 10.9. The molecule has 0 aliphatic carbocycles. The molecule has 0 radical (unpaired) electrons. The number of anilines is 1. The number of nitrogen functional groups attached to an aromatic ring is 1. The molecule has 0 saturated carbocycles. The minimum atomic E-state index is -0.725. The van der Waals surface area contributed by atoms with E-state index < -0.39 is 10.6 Å². The molecule has 19 heavy (non-hydrogen) atoms. The van der Waals surface area contributed by atoms with Crippen molar-refractivity contribution in [3.8, 4) is 11.6 Å². The van der Waals surface area contributed by atoms with Gasteiger partial charge in [0.1, 0.15) is 12.1 Å². The van der Waals surface area contributed by atoms with Gasteiger partial charge in [0, 0.05) is 10.0 Å². The molecule has 0 fully saturated rings. The van der Waals surface area contributed by atoms with Crippen LogP contribution in [0.5, 0.6) is 11.6 Å². The molecule has 1 aromatic carbocycles. The number of halogens is 2. The lowest BCUT2D eigenvalue weighted by Crippen LogP contribution is -2.02. The van der Waals surface area contributed by atoms with Crippen molar-refractivity contribution in [2.24, 2.45) is 0 Å². The maximum Gasteiger partial charge on any atom is 0.372 e. The number of ether oxygens (including phenoxy) is 1. The van der Waals surface area contributed by atoms with Gasteiger partial charge in [-0.1, -0.05) is 23.2 Å². The molecule has 0 amide bonds. The highest BCUT2D eigenvalue weighted by Gasteiger charge is 2.23. The zero-order chi connectivity index (χ0) is 14.0. The van der Waals surface area contributed by atoms with Gasteiger partial charge in [0.25, 0.3) is 0 Å². The Labute approximate surface area is 117 Å². The van der Waals surface area contributed by atoms with Gasteiger partial charge in [-0.05, 0) is 18.2 Å². The highest BCUT2D eigenvalue weighted by molar-refractivity contribution is 6.34.